The van der Waals surface area contributed by atoms with Crippen molar-refractivity contribution in [3.8, 4) is 11.5 Å². The zero-order chi connectivity index (χ0) is 22.1. The van der Waals surface area contributed by atoms with Gasteiger partial charge in [-0.25, -0.2) is 9.59 Å². The number of carbonyl (C=O) groups is 2. The molecular weight excluding hydrogens is 398 g/mol. The fourth-order valence-electron chi connectivity index (χ4n) is 2.81. The molecule has 0 heterocycles. The number of aromatic hydroxyl groups is 1. The van der Waals surface area contributed by atoms with Gasteiger partial charge in [0.1, 0.15) is 11.5 Å². The predicted molar refractivity (Wildman–Crippen MR) is 115 cm³/mol. The van der Waals surface area contributed by atoms with E-state index in [1.54, 1.807) is 60.7 Å². The number of benzene rings is 3. The van der Waals surface area contributed by atoms with Gasteiger partial charge in [-0.05, 0) is 48.0 Å². The molecule has 7 nitrogen and oxygen atoms in total. The number of phenolic OH excluding ortho intramolecular Hbond substituents is 1. The average Bonchev–Trinajstić information content (AvgIpc) is 2.77. The summed E-state index contributed by atoms with van der Waals surface area (Å²) in [6.07, 6.45) is -0.457. The van der Waals surface area contributed by atoms with Crippen molar-refractivity contribution < 1.29 is 29.3 Å². The van der Waals surface area contributed by atoms with Crippen LogP contribution in [0.15, 0.2) is 97.1 Å². The van der Waals surface area contributed by atoms with Crippen LogP contribution in [0.3, 0.4) is 0 Å². The average molecular weight is 419 g/mol. The van der Waals surface area contributed by atoms with Crippen LogP contribution in [0.4, 0.5) is 10.5 Å². The van der Waals surface area contributed by atoms with Gasteiger partial charge in [0.15, 0.2) is 12.2 Å². The van der Waals surface area contributed by atoms with Crippen LogP contribution in [0.25, 0.3) is 0 Å². The number of phenols is 1. The first kappa shape index (κ1) is 21.4. The Balaban J connectivity index is 1.91. The fourth-order valence-corrected chi connectivity index (χ4v) is 2.81. The van der Waals surface area contributed by atoms with Gasteiger partial charge in [0.2, 0.25) is 0 Å². The maximum absolute atomic E-state index is 12.6. The molecule has 0 spiro atoms. The zero-order valence-corrected chi connectivity index (χ0v) is 16.4. The Hall–Kier alpha value is -4.26. The third-order valence-electron chi connectivity index (χ3n) is 4.22. The number of aliphatic carboxylic acids is 1. The molecule has 3 N–H and O–H groups in total. The lowest BCUT2D eigenvalue weighted by molar-refractivity contribution is -0.131. The summed E-state index contributed by atoms with van der Waals surface area (Å²) in [6, 6.07) is 23.6. The predicted octanol–water partition coefficient (Wildman–Crippen LogP) is 4.77. The summed E-state index contributed by atoms with van der Waals surface area (Å²) < 4.78 is 11.6. The molecule has 3 aromatic carbocycles. The molecule has 7 heteroatoms. The summed E-state index contributed by atoms with van der Waals surface area (Å²) in [5.74, 6) is -0.656. The number of carbonyl (C=O) groups excluding carboxylic acids is 1. The SMILES string of the molecule is O=C(O)/C=C/[C@H](Oc1ccccc1)[C@@H](OC(=O)Nc1ccccc1)c1ccc(O)cc1. The maximum atomic E-state index is 12.6. The first-order chi connectivity index (χ1) is 15.0. The number of rotatable bonds is 8. The van der Waals surface area contributed by atoms with Crippen molar-refractivity contribution in [3.63, 3.8) is 0 Å². The quantitative estimate of drug-likeness (QED) is 0.454. The van der Waals surface area contributed by atoms with Gasteiger partial charge < -0.3 is 19.7 Å². The molecule has 0 fully saturated rings. The molecule has 3 rings (SSSR count). The van der Waals surface area contributed by atoms with Crippen LogP contribution in [0.5, 0.6) is 11.5 Å². The van der Waals surface area contributed by atoms with E-state index < -0.39 is 24.3 Å². The number of hydrogen-bond acceptors (Lipinski definition) is 5. The minimum absolute atomic E-state index is 0.0397. The second kappa shape index (κ2) is 10.5. The summed E-state index contributed by atoms with van der Waals surface area (Å²) in [5, 5.41) is 21.4. The molecule has 0 bridgehead atoms. The molecule has 158 valence electrons. The minimum Gasteiger partial charge on any atom is -0.508 e. The largest absolute Gasteiger partial charge is 0.508 e. The van der Waals surface area contributed by atoms with Gasteiger partial charge >= 0.3 is 12.1 Å². The summed E-state index contributed by atoms with van der Waals surface area (Å²) in [4.78, 5) is 23.7. The number of para-hydroxylation sites is 2. The number of nitrogens with one attached hydrogen (secondary N) is 1. The Kier molecular flexibility index (Phi) is 7.26. The van der Waals surface area contributed by atoms with Gasteiger partial charge in [-0.2, -0.15) is 0 Å². The third kappa shape index (κ3) is 6.64. The number of amides is 1. The zero-order valence-electron chi connectivity index (χ0n) is 16.4. The monoisotopic (exact) mass is 419 g/mol. The van der Waals surface area contributed by atoms with E-state index in [1.807, 2.05) is 12.1 Å². The Morgan fingerprint density at radius 2 is 1.48 bits per heavy atom. The van der Waals surface area contributed by atoms with Gasteiger partial charge in [-0.3, -0.25) is 5.32 Å². The van der Waals surface area contributed by atoms with E-state index in [9.17, 15) is 14.7 Å². The maximum Gasteiger partial charge on any atom is 0.412 e. The Labute approximate surface area is 179 Å². The molecule has 0 aromatic heterocycles. The molecular formula is C24H21NO6. The highest BCUT2D eigenvalue weighted by Crippen LogP contribution is 2.28. The first-order valence-electron chi connectivity index (χ1n) is 9.46. The Bertz CT molecular complexity index is 1020. The van der Waals surface area contributed by atoms with Crippen LogP contribution in [0.2, 0.25) is 0 Å². The summed E-state index contributed by atoms with van der Waals surface area (Å²) in [6.45, 7) is 0. The van der Waals surface area contributed by atoms with Gasteiger partial charge in [-0.15, -0.1) is 0 Å². The third-order valence-corrected chi connectivity index (χ3v) is 4.22. The van der Waals surface area contributed by atoms with E-state index in [2.05, 4.69) is 5.32 Å². The van der Waals surface area contributed by atoms with Crippen molar-refractivity contribution in [3.05, 3.63) is 103 Å². The Morgan fingerprint density at radius 1 is 0.871 bits per heavy atom. The standard InChI is InChI=1S/C24H21NO6/c26-19-13-11-17(12-14-19)23(31-24(29)25-18-7-3-1-4-8-18)21(15-16-22(27)28)30-20-9-5-2-6-10-20/h1-16,21,23,26H,(H,25,29)(H,27,28)/b16-15+/t21-,23-/m0/s1. The van der Waals surface area contributed by atoms with Crippen LogP contribution in [0, 0.1) is 0 Å². The highest BCUT2D eigenvalue weighted by Gasteiger charge is 2.28. The molecule has 3 aromatic rings. The molecule has 2 atom stereocenters. The van der Waals surface area contributed by atoms with E-state index in [4.69, 9.17) is 14.6 Å². The molecule has 0 saturated carbocycles. The lowest BCUT2D eigenvalue weighted by atomic mass is 10.0. The summed E-state index contributed by atoms with van der Waals surface area (Å²) in [5.41, 5.74) is 1.05. The molecule has 0 saturated heterocycles. The van der Waals surface area contributed by atoms with Crippen molar-refractivity contribution in [1.29, 1.82) is 0 Å². The highest BCUT2D eigenvalue weighted by molar-refractivity contribution is 5.84. The smallest absolute Gasteiger partial charge is 0.412 e. The Morgan fingerprint density at radius 3 is 2.10 bits per heavy atom. The van der Waals surface area contributed by atoms with Crippen molar-refractivity contribution in [2.24, 2.45) is 0 Å². The number of carboxylic acid groups (broad SMARTS) is 1. The van der Waals surface area contributed by atoms with Crippen LogP contribution < -0.4 is 10.1 Å². The first-order valence-corrected chi connectivity index (χ1v) is 9.46. The lowest BCUT2D eigenvalue weighted by Crippen LogP contribution is -2.29. The van der Waals surface area contributed by atoms with Crippen LogP contribution in [0.1, 0.15) is 11.7 Å². The highest BCUT2D eigenvalue weighted by atomic mass is 16.6. The van der Waals surface area contributed by atoms with Crippen LogP contribution >= 0.6 is 0 Å². The van der Waals surface area contributed by atoms with E-state index in [0.717, 1.165) is 6.08 Å². The molecule has 1 amide bonds. The van der Waals surface area contributed by atoms with Crippen molar-refractivity contribution in [1.82, 2.24) is 0 Å². The van der Waals surface area contributed by atoms with E-state index in [-0.39, 0.29) is 5.75 Å². The van der Waals surface area contributed by atoms with Gasteiger partial charge in [0.05, 0.1) is 0 Å². The number of carboxylic acids is 1. The van der Waals surface area contributed by atoms with E-state index in [1.165, 1.54) is 18.2 Å². The van der Waals surface area contributed by atoms with Crippen molar-refractivity contribution >= 4 is 17.7 Å². The summed E-state index contributed by atoms with van der Waals surface area (Å²) >= 11 is 0. The molecule has 31 heavy (non-hydrogen) atoms. The molecule has 0 aliphatic rings. The van der Waals surface area contributed by atoms with Gasteiger partial charge in [-0.1, -0.05) is 48.5 Å². The van der Waals surface area contributed by atoms with E-state index >= 15 is 0 Å². The normalized spacial score (nSPS) is 12.6. The van der Waals surface area contributed by atoms with Gasteiger partial charge in [0.25, 0.3) is 0 Å². The second-order valence-corrected chi connectivity index (χ2v) is 6.50. The fraction of sp³-hybridized carbons (Fsp3) is 0.0833. The molecule has 0 aliphatic heterocycles. The molecule has 0 aliphatic carbocycles. The topological polar surface area (TPSA) is 105 Å². The van der Waals surface area contributed by atoms with Crippen LogP contribution in [-0.2, 0) is 9.53 Å². The van der Waals surface area contributed by atoms with Crippen LogP contribution in [-0.4, -0.2) is 28.4 Å². The van der Waals surface area contributed by atoms with Crippen molar-refractivity contribution in [2.45, 2.75) is 12.2 Å². The lowest BCUT2D eigenvalue weighted by Gasteiger charge is -2.26. The number of hydrogen-bond donors (Lipinski definition) is 3. The number of anilines is 1. The number of ether oxygens (including phenoxy) is 2. The molecule has 0 unspecified atom stereocenters. The summed E-state index contributed by atoms with van der Waals surface area (Å²) in [7, 11) is 0. The molecule has 0 radical (unpaired) electrons. The minimum atomic E-state index is -1.17. The van der Waals surface area contributed by atoms with Crippen molar-refractivity contribution in [2.75, 3.05) is 5.32 Å². The van der Waals surface area contributed by atoms with Gasteiger partial charge in [0, 0.05) is 11.8 Å². The van der Waals surface area contributed by atoms with E-state index in [0.29, 0.717) is 17.0 Å². The second-order valence-electron chi connectivity index (χ2n) is 6.50.